The van der Waals surface area contributed by atoms with Crippen LogP contribution in [0.4, 0.5) is 5.69 Å². The van der Waals surface area contributed by atoms with Gasteiger partial charge in [0.05, 0.1) is 30.0 Å². The van der Waals surface area contributed by atoms with Crippen LogP contribution in [0.5, 0.6) is 11.5 Å². The van der Waals surface area contributed by atoms with Crippen molar-refractivity contribution in [2.75, 3.05) is 26.0 Å². The molecule has 0 atom stereocenters. The minimum absolute atomic E-state index is 0.260. The van der Waals surface area contributed by atoms with Crippen molar-refractivity contribution in [2.45, 2.75) is 13.3 Å². The molecule has 0 saturated carbocycles. The predicted octanol–water partition coefficient (Wildman–Crippen LogP) is 3.44. The van der Waals surface area contributed by atoms with Crippen LogP contribution in [0.15, 0.2) is 36.4 Å². The summed E-state index contributed by atoms with van der Waals surface area (Å²) in [5.74, 6) is 0.992. The molecule has 0 aliphatic carbocycles. The normalized spacial score (nSPS) is 10.3. The lowest BCUT2D eigenvalue weighted by Crippen LogP contribution is -2.26. The van der Waals surface area contributed by atoms with Gasteiger partial charge in [0.2, 0.25) is 0 Å². The Morgan fingerprint density at radius 3 is 2.71 bits per heavy atom. The Kier molecular flexibility index (Phi) is 6.32. The number of carbonyl (C=O) groups is 1. The SMILES string of the molecule is COc1cc(N)c(Cl)cc1C(=O)NCCCOc1ccccc1C. The van der Waals surface area contributed by atoms with E-state index in [1.807, 2.05) is 31.2 Å². The molecule has 24 heavy (non-hydrogen) atoms. The van der Waals surface area contributed by atoms with Crippen molar-refractivity contribution in [3.8, 4) is 11.5 Å². The number of halogens is 1. The highest BCUT2D eigenvalue weighted by Crippen LogP contribution is 2.28. The Bertz CT molecular complexity index is 719. The largest absolute Gasteiger partial charge is 0.496 e. The third-order valence-corrected chi connectivity index (χ3v) is 3.85. The molecule has 0 aromatic heterocycles. The van der Waals surface area contributed by atoms with Crippen LogP contribution in [0, 0.1) is 6.92 Å². The van der Waals surface area contributed by atoms with Gasteiger partial charge in [0, 0.05) is 12.6 Å². The van der Waals surface area contributed by atoms with Crippen molar-refractivity contribution >= 4 is 23.2 Å². The first kappa shape index (κ1) is 17.9. The first-order valence-corrected chi connectivity index (χ1v) is 8.00. The van der Waals surface area contributed by atoms with Gasteiger partial charge in [0.15, 0.2) is 0 Å². The van der Waals surface area contributed by atoms with Gasteiger partial charge in [-0.1, -0.05) is 29.8 Å². The summed E-state index contributed by atoms with van der Waals surface area (Å²) in [5.41, 5.74) is 7.53. The van der Waals surface area contributed by atoms with E-state index < -0.39 is 0 Å². The van der Waals surface area contributed by atoms with Gasteiger partial charge >= 0.3 is 0 Å². The second kappa shape index (κ2) is 8.45. The van der Waals surface area contributed by atoms with Crippen molar-refractivity contribution in [3.63, 3.8) is 0 Å². The Morgan fingerprint density at radius 1 is 1.25 bits per heavy atom. The number of ether oxygens (including phenoxy) is 2. The highest BCUT2D eigenvalue weighted by molar-refractivity contribution is 6.33. The third kappa shape index (κ3) is 4.55. The van der Waals surface area contributed by atoms with Crippen LogP contribution in [-0.2, 0) is 0 Å². The molecule has 0 heterocycles. The van der Waals surface area contributed by atoms with E-state index in [2.05, 4.69) is 5.32 Å². The predicted molar refractivity (Wildman–Crippen MR) is 96.0 cm³/mol. The quantitative estimate of drug-likeness (QED) is 0.593. The van der Waals surface area contributed by atoms with Crippen molar-refractivity contribution in [1.82, 2.24) is 5.32 Å². The van der Waals surface area contributed by atoms with E-state index in [0.717, 1.165) is 11.3 Å². The average molecular weight is 349 g/mol. The zero-order valence-corrected chi connectivity index (χ0v) is 14.5. The first-order valence-electron chi connectivity index (χ1n) is 7.62. The molecule has 0 aliphatic rings. The van der Waals surface area contributed by atoms with Gasteiger partial charge in [-0.2, -0.15) is 0 Å². The van der Waals surface area contributed by atoms with Crippen LogP contribution in [0.2, 0.25) is 5.02 Å². The number of benzene rings is 2. The van der Waals surface area contributed by atoms with Gasteiger partial charge < -0.3 is 20.5 Å². The molecule has 5 nitrogen and oxygen atoms in total. The molecule has 0 radical (unpaired) electrons. The number of nitrogens with one attached hydrogen (secondary N) is 1. The topological polar surface area (TPSA) is 73.6 Å². The molecule has 3 N–H and O–H groups in total. The summed E-state index contributed by atoms with van der Waals surface area (Å²) in [7, 11) is 1.48. The summed E-state index contributed by atoms with van der Waals surface area (Å²) >= 11 is 5.97. The van der Waals surface area contributed by atoms with Crippen LogP contribution in [0.3, 0.4) is 0 Å². The Balaban J connectivity index is 1.83. The summed E-state index contributed by atoms with van der Waals surface area (Å²) in [5, 5.41) is 3.15. The number of hydrogen-bond donors (Lipinski definition) is 2. The summed E-state index contributed by atoms with van der Waals surface area (Å²) in [6.45, 7) is 2.99. The molecule has 0 fully saturated rings. The maximum Gasteiger partial charge on any atom is 0.255 e. The van der Waals surface area contributed by atoms with Crippen LogP contribution in [0.25, 0.3) is 0 Å². The number of methoxy groups -OCH3 is 1. The van der Waals surface area contributed by atoms with Crippen molar-refractivity contribution in [2.24, 2.45) is 0 Å². The molecule has 0 aliphatic heterocycles. The standard InChI is InChI=1S/C18H21ClN2O3/c1-12-6-3-4-7-16(12)24-9-5-8-21-18(22)13-10-14(19)15(20)11-17(13)23-2/h3-4,6-7,10-11H,5,8-9,20H2,1-2H3,(H,21,22). The number of hydrogen-bond acceptors (Lipinski definition) is 4. The number of nitrogens with two attached hydrogens (primary N) is 1. The van der Waals surface area contributed by atoms with Crippen LogP contribution in [-0.4, -0.2) is 26.2 Å². The van der Waals surface area contributed by atoms with Gasteiger partial charge in [0.25, 0.3) is 5.91 Å². The lowest BCUT2D eigenvalue weighted by molar-refractivity contribution is 0.0948. The summed E-state index contributed by atoms with van der Waals surface area (Å²) in [6.07, 6.45) is 0.686. The fourth-order valence-electron chi connectivity index (χ4n) is 2.19. The smallest absolute Gasteiger partial charge is 0.255 e. The Morgan fingerprint density at radius 2 is 2.00 bits per heavy atom. The zero-order chi connectivity index (χ0) is 17.5. The van der Waals surface area contributed by atoms with E-state index in [-0.39, 0.29) is 5.91 Å². The van der Waals surface area contributed by atoms with E-state index in [9.17, 15) is 4.79 Å². The number of para-hydroxylation sites is 1. The lowest BCUT2D eigenvalue weighted by atomic mass is 10.1. The molecule has 0 unspecified atom stereocenters. The van der Waals surface area contributed by atoms with Gasteiger partial charge in [-0.05, 0) is 31.0 Å². The fraction of sp³-hybridized carbons (Fsp3) is 0.278. The summed E-state index contributed by atoms with van der Waals surface area (Å²) < 4.78 is 10.9. The Labute approximate surface area is 146 Å². The zero-order valence-electron chi connectivity index (χ0n) is 13.8. The van der Waals surface area contributed by atoms with Gasteiger partial charge in [-0.25, -0.2) is 0 Å². The van der Waals surface area contributed by atoms with Gasteiger partial charge in [-0.3, -0.25) is 4.79 Å². The third-order valence-electron chi connectivity index (χ3n) is 3.52. The number of aryl methyl sites for hydroxylation is 1. The van der Waals surface area contributed by atoms with E-state index >= 15 is 0 Å². The molecule has 6 heteroatoms. The van der Waals surface area contributed by atoms with E-state index in [1.165, 1.54) is 13.2 Å². The van der Waals surface area contributed by atoms with Crippen LogP contribution < -0.4 is 20.5 Å². The number of amides is 1. The molecule has 0 spiro atoms. The summed E-state index contributed by atoms with van der Waals surface area (Å²) in [6, 6.07) is 10.9. The molecule has 1 amide bonds. The van der Waals surface area contributed by atoms with E-state index in [4.69, 9.17) is 26.8 Å². The minimum Gasteiger partial charge on any atom is -0.496 e. The molecule has 2 aromatic carbocycles. The average Bonchev–Trinajstić information content (AvgIpc) is 2.58. The minimum atomic E-state index is -0.260. The fourth-order valence-corrected chi connectivity index (χ4v) is 2.35. The van der Waals surface area contributed by atoms with Gasteiger partial charge in [0.1, 0.15) is 11.5 Å². The number of anilines is 1. The maximum absolute atomic E-state index is 12.2. The Hall–Kier alpha value is -2.40. The lowest BCUT2D eigenvalue weighted by Gasteiger charge is -2.12. The maximum atomic E-state index is 12.2. The highest BCUT2D eigenvalue weighted by Gasteiger charge is 2.14. The van der Waals surface area contributed by atoms with E-state index in [1.54, 1.807) is 6.07 Å². The van der Waals surface area contributed by atoms with Crippen molar-refractivity contribution in [1.29, 1.82) is 0 Å². The molecular weight excluding hydrogens is 328 g/mol. The molecule has 2 aromatic rings. The first-order chi connectivity index (χ1) is 11.5. The van der Waals surface area contributed by atoms with Crippen molar-refractivity contribution in [3.05, 3.63) is 52.5 Å². The molecule has 128 valence electrons. The highest BCUT2D eigenvalue weighted by atomic mass is 35.5. The second-order valence-electron chi connectivity index (χ2n) is 5.30. The monoisotopic (exact) mass is 348 g/mol. The molecule has 0 saturated heterocycles. The number of nitrogen functional groups attached to an aromatic ring is 1. The molecule has 2 rings (SSSR count). The molecular formula is C18H21ClN2O3. The molecule has 0 bridgehead atoms. The summed E-state index contributed by atoms with van der Waals surface area (Å²) in [4.78, 5) is 12.2. The number of rotatable bonds is 7. The van der Waals surface area contributed by atoms with Crippen LogP contribution in [0.1, 0.15) is 22.3 Å². The van der Waals surface area contributed by atoms with E-state index in [0.29, 0.717) is 41.6 Å². The second-order valence-corrected chi connectivity index (χ2v) is 5.70. The van der Waals surface area contributed by atoms with Gasteiger partial charge in [-0.15, -0.1) is 0 Å². The van der Waals surface area contributed by atoms with Crippen molar-refractivity contribution < 1.29 is 14.3 Å². The van der Waals surface area contributed by atoms with Crippen LogP contribution >= 0.6 is 11.6 Å². The number of carbonyl (C=O) groups excluding carboxylic acids is 1.